The molecule has 0 fully saturated rings. The first-order valence-corrected chi connectivity index (χ1v) is 8.45. The van der Waals surface area contributed by atoms with Gasteiger partial charge in [-0.05, 0) is 43.7 Å². The Hall–Kier alpha value is -1.51. The van der Waals surface area contributed by atoms with Crippen molar-refractivity contribution in [2.24, 2.45) is 5.92 Å². The highest BCUT2D eigenvalue weighted by molar-refractivity contribution is 5.72. The van der Waals surface area contributed by atoms with Crippen LogP contribution < -0.4 is 4.74 Å². The highest BCUT2D eigenvalue weighted by Gasteiger charge is 2.19. The van der Waals surface area contributed by atoms with Gasteiger partial charge in [0.25, 0.3) is 0 Å². The van der Waals surface area contributed by atoms with Crippen LogP contribution in [0.5, 0.6) is 5.75 Å². The van der Waals surface area contributed by atoms with Gasteiger partial charge in [-0.2, -0.15) is 0 Å². The number of ether oxygens (including phenoxy) is 2. The molecule has 0 aliphatic carbocycles. The van der Waals surface area contributed by atoms with E-state index in [2.05, 4.69) is 19.9 Å². The first-order chi connectivity index (χ1) is 10.5. The molecule has 0 aliphatic heterocycles. The Kier molecular flexibility index (Phi) is 8.00. The van der Waals surface area contributed by atoms with E-state index in [1.54, 1.807) is 0 Å². The van der Waals surface area contributed by atoms with E-state index in [9.17, 15) is 4.79 Å². The molecular formula is C19H30O3. The van der Waals surface area contributed by atoms with Gasteiger partial charge in [-0.1, -0.05) is 45.9 Å². The molecule has 0 N–H and O–H groups in total. The first-order valence-electron chi connectivity index (χ1n) is 8.45. The fourth-order valence-corrected chi connectivity index (χ4v) is 2.40. The smallest absolute Gasteiger partial charge is 0.309 e. The van der Waals surface area contributed by atoms with Gasteiger partial charge in [0.1, 0.15) is 18.5 Å². The summed E-state index contributed by atoms with van der Waals surface area (Å²) in [4.78, 5) is 12.0. The number of benzene rings is 1. The minimum Gasteiger partial charge on any atom is -0.489 e. The SMILES string of the molecule is CCC(CC)C(=O)O[C@@H](C)COc1ccccc1[C@H](C)CC. The van der Waals surface area contributed by atoms with E-state index >= 15 is 0 Å². The Morgan fingerprint density at radius 1 is 1.05 bits per heavy atom. The molecule has 3 heteroatoms. The average molecular weight is 306 g/mol. The van der Waals surface area contributed by atoms with Gasteiger partial charge in [0.15, 0.2) is 0 Å². The number of hydrogen-bond acceptors (Lipinski definition) is 3. The highest BCUT2D eigenvalue weighted by atomic mass is 16.6. The molecular weight excluding hydrogens is 276 g/mol. The molecule has 1 rings (SSSR count). The van der Waals surface area contributed by atoms with Gasteiger partial charge in [-0.15, -0.1) is 0 Å². The van der Waals surface area contributed by atoms with E-state index in [0.29, 0.717) is 12.5 Å². The van der Waals surface area contributed by atoms with Crippen molar-refractivity contribution < 1.29 is 14.3 Å². The predicted molar refractivity (Wildman–Crippen MR) is 90.3 cm³/mol. The van der Waals surface area contributed by atoms with E-state index in [0.717, 1.165) is 25.0 Å². The van der Waals surface area contributed by atoms with Gasteiger partial charge in [0, 0.05) is 0 Å². The zero-order valence-corrected chi connectivity index (χ0v) is 14.6. The van der Waals surface area contributed by atoms with Gasteiger partial charge in [0.2, 0.25) is 0 Å². The molecule has 0 aliphatic rings. The second-order valence-electron chi connectivity index (χ2n) is 5.92. The third kappa shape index (κ3) is 5.36. The molecule has 124 valence electrons. The second-order valence-corrected chi connectivity index (χ2v) is 5.92. The summed E-state index contributed by atoms with van der Waals surface area (Å²) < 4.78 is 11.4. The maximum absolute atomic E-state index is 12.0. The first kappa shape index (κ1) is 18.5. The van der Waals surface area contributed by atoms with Crippen LogP contribution in [0.25, 0.3) is 0 Å². The van der Waals surface area contributed by atoms with Crippen LogP contribution in [0.3, 0.4) is 0 Å². The van der Waals surface area contributed by atoms with Crippen molar-refractivity contribution in [3.63, 3.8) is 0 Å². The molecule has 0 saturated heterocycles. The zero-order chi connectivity index (χ0) is 16.5. The molecule has 0 saturated carbocycles. The van der Waals surface area contributed by atoms with Crippen LogP contribution >= 0.6 is 0 Å². The fraction of sp³-hybridized carbons (Fsp3) is 0.632. The summed E-state index contributed by atoms with van der Waals surface area (Å²) in [5, 5.41) is 0. The van der Waals surface area contributed by atoms with Crippen LogP contribution in [0, 0.1) is 5.92 Å². The molecule has 0 radical (unpaired) electrons. The molecule has 0 amide bonds. The number of carbonyl (C=O) groups is 1. The molecule has 0 bridgehead atoms. The Morgan fingerprint density at radius 3 is 2.27 bits per heavy atom. The molecule has 0 spiro atoms. The Morgan fingerprint density at radius 2 is 1.68 bits per heavy atom. The molecule has 2 atom stereocenters. The van der Waals surface area contributed by atoms with E-state index < -0.39 is 0 Å². The molecule has 1 aromatic carbocycles. The van der Waals surface area contributed by atoms with Gasteiger partial charge >= 0.3 is 5.97 Å². The summed E-state index contributed by atoms with van der Waals surface area (Å²) >= 11 is 0. The van der Waals surface area contributed by atoms with Crippen molar-refractivity contribution in [1.29, 1.82) is 0 Å². The summed E-state index contributed by atoms with van der Waals surface area (Å²) in [5.41, 5.74) is 1.21. The monoisotopic (exact) mass is 306 g/mol. The number of para-hydroxylation sites is 1. The second kappa shape index (κ2) is 9.50. The summed E-state index contributed by atoms with van der Waals surface area (Å²) in [7, 11) is 0. The summed E-state index contributed by atoms with van der Waals surface area (Å²) in [6.07, 6.45) is 2.47. The number of rotatable bonds is 9. The van der Waals surface area contributed by atoms with Crippen molar-refractivity contribution in [1.82, 2.24) is 0 Å². The topological polar surface area (TPSA) is 35.5 Å². The van der Waals surface area contributed by atoms with Crippen molar-refractivity contribution in [2.75, 3.05) is 6.61 Å². The van der Waals surface area contributed by atoms with Crippen LogP contribution in [-0.4, -0.2) is 18.7 Å². The largest absolute Gasteiger partial charge is 0.489 e. The molecule has 0 unspecified atom stereocenters. The van der Waals surface area contributed by atoms with Gasteiger partial charge in [0.05, 0.1) is 5.92 Å². The fourth-order valence-electron chi connectivity index (χ4n) is 2.40. The minimum atomic E-state index is -0.238. The van der Waals surface area contributed by atoms with E-state index in [1.165, 1.54) is 5.56 Å². The van der Waals surface area contributed by atoms with E-state index in [1.807, 2.05) is 39.0 Å². The molecule has 1 aromatic rings. The van der Waals surface area contributed by atoms with Crippen molar-refractivity contribution in [3.8, 4) is 5.75 Å². The summed E-state index contributed by atoms with van der Waals surface area (Å²) in [6, 6.07) is 8.09. The Balaban J connectivity index is 2.57. The zero-order valence-electron chi connectivity index (χ0n) is 14.6. The number of carbonyl (C=O) groups excluding carboxylic acids is 1. The lowest BCUT2D eigenvalue weighted by Crippen LogP contribution is -2.26. The van der Waals surface area contributed by atoms with Crippen LogP contribution in [0.2, 0.25) is 0 Å². The Labute approximate surface area is 135 Å². The predicted octanol–water partition coefficient (Wildman–Crippen LogP) is 4.95. The maximum atomic E-state index is 12.0. The highest BCUT2D eigenvalue weighted by Crippen LogP contribution is 2.28. The molecule has 22 heavy (non-hydrogen) atoms. The van der Waals surface area contributed by atoms with Crippen molar-refractivity contribution >= 4 is 5.97 Å². The quantitative estimate of drug-likeness (QED) is 0.606. The lowest BCUT2D eigenvalue weighted by atomic mass is 9.98. The van der Waals surface area contributed by atoms with E-state index in [4.69, 9.17) is 9.47 Å². The molecule has 3 nitrogen and oxygen atoms in total. The maximum Gasteiger partial charge on any atom is 0.309 e. The van der Waals surface area contributed by atoms with Gasteiger partial charge in [-0.3, -0.25) is 4.79 Å². The van der Waals surface area contributed by atoms with Crippen molar-refractivity contribution in [3.05, 3.63) is 29.8 Å². The normalized spacial score (nSPS) is 13.7. The van der Waals surface area contributed by atoms with Crippen LogP contribution in [0.15, 0.2) is 24.3 Å². The number of esters is 1. The lowest BCUT2D eigenvalue weighted by molar-refractivity contribution is -0.154. The van der Waals surface area contributed by atoms with Crippen molar-refractivity contribution in [2.45, 2.75) is 65.9 Å². The van der Waals surface area contributed by atoms with Gasteiger partial charge < -0.3 is 9.47 Å². The summed E-state index contributed by atoms with van der Waals surface area (Å²) in [5.74, 6) is 1.23. The molecule has 0 aromatic heterocycles. The van der Waals surface area contributed by atoms with Crippen LogP contribution in [0.4, 0.5) is 0 Å². The Bertz CT molecular complexity index is 452. The average Bonchev–Trinajstić information content (AvgIpc) is 2.53. The number of hydrogen-bond donors (Lipinski definition) is 0. The van der Waals surface area contributed by atoms with Crippen LogP contribution in [-0.2, 0) is 9.53 Å². The standard InChI is InChI=1S/C19H30O3/c1-6-14(4)17-11-9-10-12-18(17)21-13-15(5)22-19(20)16(7-2)8-3/h9-12,14-16H,6-8,13H2,1-5H3/t14-,15+/m1/s1. The third-order valence-electron chi connectivity index (χ3n) is 4.17. The van der Waals surface area contributed by atoms with Gasteiger partial charge in [-0.25, -0.2) is 0 Å². The lowest BCUT2D eigenvalue weighted by Gasteiger charge is -2.20. The minimum absolute atomic E-state index is 0.00477. The molecule has 0 heterocycles. The summed E-state index contributed by atoms with van der Waals surface area (Å²) in [6.45, 7) is 10.7. The van der Waals surface area contributed by atoms with Crippen LogP contribution in [0.1, 0.15) is 65.4 Å². The van der Waals surface area contributed by atoms with E-state index in [-0.39, 0.29) is 18.0 Å². The third-order valence-corrected chi connectivity index (χ3v) is 4.17.